The van der Waals surface area contributed by atoms with E-state index in [4.69, 9.17) is 4.74 Å². The standard InChI is InChI=1S/C21H21FN4O3S/c1-29-12-11-26(21(28)24-16-5-3-2-4-6-16)13-19-25-18(14-30-19)20(27)23-17-9-7-15(22)8-10-17/h2-10,14H,11-13H2,1H3,(H,23,27)(H,24,28). The summed E-state index contributed by atoms with van der Waals surface area (Å²) >= 11 is 1.28. The van der Waals surface area contributed by atoms with Gasteiger partial charge in [0.15, 0.2) is 0 Å². The molecule has 9 heteroatoms. The van der Waals surface area contributed by atoms with E-state index in [0.717, 1.165) is 0 Å². The number of halogens is 1. The summed E-state index contributed by atoms with van der Waals surface area (Å²) in [5, 5.41) is 7.74. The lowest BCUT2D eigenvalue weighted by Crippen LogP contribution is -2.36. The Morgan fingerprint density at radius 3 is 2.47 bits per heavy atom. The molecule has 3 aromatic rings. The Morgan fingerprint density at radius 2 is 1.77 bits per heavy atom. The number of aromatic nitrogens is 1. The van der Waals surface area contributed by atoms with Gasteiger partial charge >= 0.3 is 6.03 Å². The van der Waals surface area contributed by atoms with Crippen LogP contribution in [0.5, 0.6) is 0 Å². The highest BCUT2D eigenvalue weighted by Crippen LogP contribution is 2.16. The van der Waals surface area contributed by atoms with Gasteiger partial charge in [-0.1, -0.05) is 18.2 Å². The Morgan fingerprint density at radius 1 is 1.07 bits per heavy atom. The summed E-state index contributed by atoms with van der Waals surface area (Å²) in [6.07, 6.45) is 0. The number of ether oxygens (including phenoxy) is 1. The van der Waals surface area contributed by atoms with Crippen molar-refractivity contribution in [2.75, 3.05) is 30.9 Å². The first-order chi connectivity index (χ1) is 14.5. The summed E-state index contributed by atoms with van der Waals surface area (Å²) in [6, 6.07) is 14.3. The fourth-order valence-electron chi connectivity index (χ4n) is 2.56. The lowest BCUT2D eigenvalue weighted by molar-refractivity contribution is 0.102. The van der Waals surface area contributed by atoms with Gasteiger partial charge in [-0.25, -0.2) is 14.2 Å². The third-order valence-corrected chi connectivity index (χ3v) is 4.92. The number of amides is 3. The average molecular weight is 428 g/mol. The van der Waals surface area contributed by atoms with E-state index in [-0.39, 0.29) is 24.1 Å². The first-order valence-corrected chi connectivity index (χ1v) is 10.0. The number of para-hydroxylation sites is 1. The van der Waals surface area contributed by atoms with E-state index >= 15 is 0 Å². The average Bonchev–Trinajstić information content (AvgIpc) is 3.22. The van der Waals surface area contributed by atoms with E-state index in [1.54, 1.807) is 29.5 Å². The van der Waals surface area contributed by atoms with Crippen molar-refractivity contribution < 1.29 is 18.7 Å². The molecule has 0 unspecified atom stereocenters. The second-order valence-corrected chi connectivity index (χ2v) is 7.24. The molecular weight excluding hydrogens is 407 g/mol. The maximum Gasteiger partial charge on any atom is 0.322 e. The van der Waals surface area contributed by atoms with Crippen LogP contribution in [-0.4, -0.2) is 42.1 Å². The number of carbonyl (C=O) groups is 2. The van der Waals surface area contributed by atoms with Crippen molar-refractivity contribution in [3.05, 3.63) is 76.5 Å². The van der Waals surface area contributed by atoms with Crippen molar-refractivity contribution in [3.63, 3.8) is 0 Å². The molecule has 156 valence electrons. The number of rotatable bonds is 8. The molecule has 1 aromatic heterocycles. The second-order valence-electron chi connectivity index (χ2n) is 6.30. The van der Waals surface area contributed by atoms with Gasteiger partial charge < -0.3 is 20.3 Å². The maximum atomic E-state index is 13.0. The molecule has 7 nitrogen and oxygen atoms in total. The van der Waals surface area contributed by atoms with Crippen molar-refractivity contribution >= 4 is 34.6 Å². The van der Waals surface area contributed by atoms with Crippen LogP contribution in [0.25, 0.3) is 0 Å². The molecule has 0 atom stereocenters. The number of carbonyl (C=O) groups excluding carboxylic acids is 2. The summed E-state index contributed by atoms with van der Waals surface area (Å²) in [5.74, 6) is -0.782. The predicted molar refractivity (Wildman–Crippen MR) is 114 cm³/mol. The molecule has 0 saturated carbocycles. The van der Waals surface area contributed by atoms with Gasteiger partial charge in [-0.05, 0) is 36.4 Å². The predicted octanol–water partition coefficient (Wildman–Crippen LogP) is 4.22. The maximum absolute atomic E-state index is 13.0. The normalized spacial score (nSPS) is 10.5. The number of hydrogen-bond acceptors (Lipinski definition) is 5. The minimum atomic E-state index is -0.402. The summed E-state index contributed by atoms with van der Waals surface area (Å²) in [5.41, 5.74) is 1.39. The van der Waals surface area contributed by atoms with E-state index in [1.807, 2.05) is 18.2 Å². The van der Waals surface area contributed by atoms with Gasteiger partial charge in [-0.15, -0.1) is 11.3 Å². The Hall–Kier alpha value is -3.30. The zero-order chi connectivity index (χ0) is 21.3. The van der Waals surface area contributed by atoms with E-state index in [9.17, 15) is 14.0 Å². The van der Waals surface area contributed by atoms with Crippen molar-refractivity contribution in [1.82, 2.24) is 9.88 Å². The molecule has 0 saturated heterocycles. The Bertz CT molecular complexity index is 979. The van der Waals surface area contributed by atoms with Gasteiger partial charge in [0.2, 0.25) is 0 Å². The van der Waals surface area contributed by atoms with Gasteiger partial charge in [0.1, 0.15) is 16.5 Å². The third kappa shape index (κ3) is 6.10. The zero-order valence-electron chi connectivity index (χ0n) is 16.3. The van der Waals surface area contributed by atoms with Crippen LogP contribution in [0, 0.1) is 5.82 Å². The Kier molecular flexibility index (Phi) is 7.47. The first kappa shape index (κ1) is 21.4. The topological polar surface area (TPSA) is 83.6 Å². The van der Waals surface area contributed by atoms with Crippen LogP contribution in [0.4, 0.5) is 20.6 Å². The SMILES string of the molecule is COCCN(Cc1nc(C(=O)Nc2ccc(F)cc2)cs1)C(=O)Nc1ccccc1. The summed E-state index contributed by atoms with van der Waals surface area (Å²) in [7, 11) is 1.56. The van der Waals surface area contributed by atoms with Gasteiger partial charge in [-0.2, -0.15) is 0 Å². The molecule has 3 rings (SSSR count). The molecule has 0 aliphatic carbocycles. The molecule has 0 radical (unpaired) electrons. The van der Waals surface area contributed by atoms with Crippen LogP contribution >= 0.6 is 11.3 Å². The summed E-state index contributed by atoms with van der Waals surface area (Å²) in [6.45, 7) is 0.966. The highest BCUT2D eigenvalue weighted by atomic mass is 32.1. The summed E-state index contributed by atoms with van der Waals surface area (Å²) < 4.78 is 18.1. The largest absolute Gasteiger partial charge is 0.383 e. The van der Waals surface area contributed by atoms with Crippen LogP contribution in [0.2, 0.25) is 0 Å². The second kappa shape index (κ2) is 10.5. The molecule has 2 N–H and O–H groups in total. The van der Waals surface area contributed by atoms with Crippen LogP contribution in [0.3, 0.4) is 0 Å². The number of methoxy groups -OCH3 is 1. The number of hydrogen-bond donors (Lipinski definition) is 2. The Balaban J connectivity index is 1.64. The smallest absolute Gasteiger partial charge is 0.322 e. The quantitative estimate of drug-likeness (QED) is 0.563. The lowest BCUT2D eigenvalue weighted by Gasteiger charge is -2.21. The molecule has 0 fully saturated rings. The number of thiazole rings is 1. The molecule has 0 aliphatic rings. The van der Waals surface area contributed by atoms with Gasteiger partial charge in [0.05, 0.1) is 13.2 Å². The highest BCUT2D eigenvalue weighted by Gasteiger charge is 2.18. The van der Waals surface area contributed by atoms with Gasteiger partial charge in [0, 0.05) is 30.4 Å². The molecule has 30 heavy (non-hydrogen) atoms. The van der Waals surface area contributed by atoms with Crippen molar-refractivity contribution in [2.24, 2.45) is 0 Å². The molecule has 0 bridgehead atoms. The molecule has 0 spiro atoms. The monoisotopic (exact) mass is 428 g/mol. The first-order valence-electron chi connectivity index (χ1n) is 9.16. The number of anilines is 2. The summed E-state index contributed by atoms with van der Waals surface area (Å²) in [4.78, 5) is 30.9. The molecule has 1 heterocycles. The van der Waals surface area contributed by atoms with Crippen molar-refractivity contribution in [2.45, 2.75) is 6.54 Å². The number of urea groups is 1. The Labute approximate surface area is 177 Å². The van der Waals surface area contributed by atoms with Gasteiger partial charge in [-0.3, -0.25) is 4.79 Å². The third-order valence-electron chi connectivity index (χ3n) is 4.09. The number of nitrogens with zero attached hydrogens (tertiary/aromatic N) is 2. The molecule has 3 amide bonds. The fourth-order valence-corrected chi connectivity index (χ4v) is 3.35. The highest BCUT2D eigenvalue weighted by molar-refractivity contribution is 7.09. The number of benzene rings is 2. The van der Waals surface area contributed by atoms with Crippen LogP contribution in [0.15, 0.2) is 60.0 Å². The van der Waals surface area contributed by atoms with E-state index < -0.39 is 5.91 Å². The molecule has 2 aromatic carbocycles. The number of nitrogens with one attached hydrogen (secondary N) is 2. The van der Waals surface area contributed by atoms with E-state index in [2.05, 4.69) is 15.6 Å². The van der Waals surface area contributed by atoms with E-state index in [0.29, 0.717) is 29.5 Å². The molecule has 0 aliphatic heterocycles. The minimum Gasteiger partial charge on any atom is -0.383 e. The van der Waals surface area contributed by atoms with E-state index in [1.165, 1.54) is 35.6 Å². The van der Waals surface area contributed by atoms with Gasteiger partial charge in [0.25, 0.3) is 5.91 Å². The fraction of sp³-hybridized carbons (Fsp3) is 0.190. The van der Waals surface area contributed by atoms with Crippen LogP contribution < -0.4 is 10.6 Å². The van der Waals surface area contributed by atoms with Crippen LogP contribution in [0.1, 0.15) is 15.5 Å². The van der Waals surface area contributed by atoms with Crippen molar-refractivity contribution in [3.8, 4) is 0 Å². The lowest BCUT2D eigenvalue weighted by atomic mass is 10.3. The molecular formula is C21H21FN4O3S. The minimum absolute atomic E-state index is 0.231. The van der Waals surface area contributed by atoms with Crippen molar-refractivity contribution in [1.29, 1.82) is 0 Å². The zero-order valence-corrected chi connectivity index (χ0v) is 17.1. The van der Waals surface area contributed by atoms with Crippen LogP contribution in [-0.2, 0) is 11.3 Å².